The molecule has 0 saturated carbocycles. The second-order valence-corrected chi connectivity index (χ2v) is 11.7. The Kier molecular flexibility index (Phi) is 10.5. The maximum absolute atomic E-state index is 13.8. The monoisotopic (exact) mass is 585 g/mol. The molecule has 0 fully saturated rings. The van der Waals surface area contributed by atoms with Gasteiger partial charge in [-0.2, -0.15) is 5.10 Å². The Morgan fingerprint density at radius 1 is 0.860 bits per heavy atom. The number of esters is 2. The van der Waals surface area contributed by atoms with Crippen LogP contribution in [-0.4, -0.2) is 41.5 Å². The number of allylic oxidation sites excluding steroid dienone is 2. The first-order valence-electron chi connectivity index (χ1n) is 15.0. The van der Waals surface area contributed by atoms with Gasteiger partial charge in [0.2, 0.25) is 0 Å². The molecule has 0 atom stereocenters. The molecule has 0 aliphatic carbocycles. The van der Waals surface area contributed by atoms with E-state index >= 15 is 0 Å². The molecule has 0 amide bonds. The van der Waals surface area contributed by atoms with Crippen molar-refractivity contribution in [1.82, 2.24) is 15.1 Å². The van der Waals surface area contributed by atoms with E-state index in [1.807, 2.05) is 102 Å². The average Bonchev–Trinajstić information content (AvgIpc) is 3.43. The standard InChI is InChI=1S/C35H43N3O5/c1-8-18-41-28-16-14-26(15-17-28)33-29(19-38(37-33)27-12-10-9-11-13-27)32-30(34(39)42-20-22(2)3)24(6)36-25(7)31(32)35(40)43-21-23(4)5/h9-17,19,22-23,32,36H,8,18,20-21H2,1-7H3. The first kappa shape index (κ1) is 31.6. The SMILES string of the molecule is CCCOc1ccc(-c2nn(-c3ccccc3)cc2C2C(C(=O)OCC(C)C)=C(C)NC(C)=C2C(=O)OCC(C)C)cc1. The van der Waals surface area contributed by atoms with Gasteiger partial charge in [-0.3, -0.25) is 0 Å². The van der Waals surface area contributed by atoms with E-state index in [-0.39, 0.29) is 25.0 Å². The van der Waals surface area contributed by atoms with Crippen molar-refractivity contribution in [2.45, 2.75) is 60.8 Å². The smallest absolute Gasteiger partial charge is 0.336 e. The van der Waals surface area contributed by atoms with Crippen LogP contribution in [0, 0.1) is 11.8 Å². The number of benzene rings is 2. The third kappa shape index (κ3) is 7.55. The number of dihydropyridines is 1. The zero-order valence-corrected chi connectivity index (χ0v) is 26.3. The molecule has 228 valence electrons. The normalized spacial score (nSPS) is 13.9. The number of rotatable bonds is 12. The Hall–Kier alpha value is -4.33. The van der Waals surface area contributed by atoms with Gasteiger partial charge in [0.05, 0.1) is 48.3 Å². The number of para-hydroxylation sites is 1. The molecule has 43 heavy (non-hydrogen) atoms. The lowest BCUT2D eigenvalue weighted by Crippen LogP contribution is -2.33. The summed E-state index contributed by atoms with van der Waals surface area (Å²) in [7, 11) is 0. The Balaban J connectivity index is 1.92. The predicted octanol–water partition coefficient (Wildman–Crippen LogP) is 6.96. The molecule has 4 rings (SSSR count). The Morgan fingerprint density at radius 2 is 1.42 bits per heavy atom. The summed E-state index contributed by atoms with van der Waals surface area (Å²) in [5.41, 5.74) is 4.98. The lowest BCUT2D eigenvalue weighted by atomic mass is 9.79. The maximum Gasteiger partial charge on any atom is 0.336 e. The topological polar surface area (TPSA) is 91.7 Å². The Morgan fingerprint density at radius 3 is 1.93 bits per heavy atom. The minimum absolute atomic E-state index is 0.150. The minimum Gasteiger partial charge on any atom is -0.494 e. The second-order valence-electron chi connectivity index (χ2n) is 11.7. The highest BCUT2D eigenvalue weighted by molar-refractivity contribution is 6.00. The summed E-state index contributed by atoms with van der Waals surface area (Å²) in [5, 5.41) is 8.26. The fourth-order valence-electron chi connectivity index (χ4n) is 4.95. The van der Waals surface area contributed by atoms with E-state index in [4.69, 9.17) is 19.3 Å². The first-order valence-corrected chi connectivity index (χ1v) is 15.0. The van der Waals surface area contributed by atoms with E-state index in [0.717, 1.165) is 23.4 Å². The van der Waals surface area contributed by atoms with Crippen molar-refractivity contribution >= 4 is 11.9 Å². The number of nitrogens with zero attached hydrogens (tertiary/aromatic N) is 2. The molecule has 1 aliphatic heterocycles. The van der Waals surface area contributed by atoms with Crippen LogP contribution in [0.1, 0.15) is 66.4 Å². The van der Waals surface area contributed by atoms with Gasteiger partial charge in [0.15, 0.2) is 0 Å². The fraction of sp³-hybridized carbons (Fsp3) is 0.400. The third-order valence-electron chi connectivity index (χ3n) is 6.97. The number of ether oxygens (including phenoxy) is 3. The number of nitrogens with one attached hydrogen (secondary N) is 1. The molecule has 1 aromatic heterocycles. The summed E-state index contributed by atoms with van der Waals surface area (Å²) >= 11 is 0. The van der Waals surface area contributed by atoms with Crippen molar-refractivity contribution in [2.24, 2.45) is 11.8 Å². The fourth-order valence-corrected chi connectivity index (χ4v) is 4.95. The molecule has 2 heterocycles. The lowest BCUT2D eigenvalue weighted by Gasteiger charge is -2.30. The van der Waals surface area contributed by atoms with Crippen LogP contribution >= 0.6 is 0 Å². The minimum atomic E-state index is -0.774. The Bertz CT molecular complexity index is 1440. The van der Waals surface area contributed by atoms with Crippen LogP contribution in [0.2, 0.25) is 0 Å². The zero-order chi connectivity index (χ0) is 31.1. The number of carbonyl (C=O) groups excluding carboxylic acids is 2. The quantitative estimate of drug-likeness (QED) is 0.230. The molecule has 0 spiro atoms. The van der Waals surface area contributed by atoms with E-state index in [0.29, 0.717) is 40.4 Å². The highest BCUT2D eigenvalue weighted by Gasteiger charge is 2.40. The average molecular weight is 586 g/mol. The van der Waals surface area contributed by atoms with Crippen LogP contribution in [0.25, 0.3) is 16.9 Å². The van der Waals surface area contributed by atoms with E-state index in [9.17, 15) is 9.59 Å². The Labute approximate surface area is 254 Å². The molecule has 8 nitrogen and oxygen atoms in total. The number of carbonyl (C=O) groups is 2. The summed E-state index contributed by atoms with van der Waals surface area (Å²) in [5.74, 6) is -0.669. The van der Waals surface area contributed by atoms with Crippen LogP contribution in [0.4, 0.5) is 0 Å². The van der Waals surface area contributed by atoms with E-state index < -0.39 is 17.9 Å². The molecule has 0 saturated heterocycles. The van der Waals surface area contributed by atoms with Gasteiger partial charge in [-0.15, -0.1) is 0 Å². The van der Waals surface area contributed by atoms with Gasteiger partial charge in [-0.25, -0.2) is 14.3 Å². The van der Waals surface area contributed by atoms with Gasteiger partial charge in [0.25, 0.3) is 0 Å². The molecule has 1 N–H and O–H groups in total. The summed E-state index contributed by atoms with van der Waals surface area (Å²) in [6.07, 6.45) is 2.81. The largest absolute Gasteiger partial charge is 0.494 e. The van der Waals surface area contributed by atoms with Crippen LogP contribution < -0.4 is 10.1 Å². The molecule has 8 heteroatoms. The van der Waals surface area contributed by atoms with Gasteiger partial charge < -0.3 is 19.5 Å². The van der Waals surface area contributed by atoms with Crippen LogP contribution in [0.3, 0.4) is 0 Å². The van der Waals surface area contributed by atoms with Crippen molar-refractivity contribution in [3.05, 3.63) is 88.9 Å². The van der Waals surface area contributed by atoms with Crippen molar-refractivity contribution in [2.75, 3.05) is 19.8 Å². The second kappa shape index (κ2) is 14.2. The lowest BCUT2D eigenvalue weighted by molar-refractivity contribution is -0.141. The summed E-state index contributed by atoms with van der Waals surface area (Å²) < 4.78 is 19.1. The number of hydrogen-bond donors (Lipinski definition) is 1. The van der Waals surface area contributed by atoms with Crippen molar-refractivity contribution < 1.29 is 23.8 Å². The van der Waals surface area contributed by atoms with E-state index in [1.165, 1.54) is 0 Å². The summed E-state index contributed by atoms with van der Waals surface area (Å²) in [6.45, 7) is 14.8. The third-order valence-corrected chi connectivity index (χ3v) is 6.97. The van der Waals surface area contributed by atoms with E-state index in [2.05, 4.69) is 12.2 Å². The van der Waals surface area contributed by atoms with Crippen molar-refractivity contribution in [3.63, 3.8) is 0 Å². The highest BCUT2D eigenvalue weighted by Crippen LogP contribution is 2.43. The van der Waals surface area contributed by atoms with Gasteiger partial charge in [-0.05, 0) is 68.5 Å². The molecule has 1 aliphatic rings. The maximum atomic E-state index is 13.8. The van der Waals surface area contributed by atoms with Crippen molar-refractivity contribution in [3.8, 4) is 22.7 Å². The van der Waals surface area contributed by atoms with Crippen molar-refractivity contribution in [1.29, 1.82) is 0 Å². The van der Waals surface area contributed by atoms with Gasteiger partial charge >= 0.3 is 11.9 Å². The van der Waals surface area contributed by atoms with Crippen LogP contribution in [0.5, 0.6) is 5.75 Å². The molecule has 3 aromatic rings. The predicted molar refractivity (Wildman–Crippen MR) is 168 cm³/mol. The first-order chi connectivity index (χ1) is 20.6. The summed E-state index contributed by atoms with van der Waals surface area (Å²) in [4.78, 5) is 27.5. The molecular weight excluding hydrogens is 542 g/mol. The van der Waals surface area contributed by atoms with Gasteiger partial charge in [0.1, 0.15) is 5.75 Å². The van der Waals surface area contributed by atoms with Crippen LogP contribution in [0.15, 0.2) is 83.3 Å². The number of hydrogen-bond acceptors (Lipinski definition) is 7. The number of aromatic nitrogens is 2. The van der Waals surface area contributed by atoms with Gasteiger partial charge in [0, 0.05) is 28.7 Å². The molecule has 2 aromatic carbocycles. The summed E-state index contributed by atoms with van der Waals surface area (Å²) in [6, 6.07) is 17.5. The van der Waals surface area contributed by atoms with E-state index in [1.54, 1.807) is 4.68 Å². The zero-order valence-electron chi connectivity index (χ0n) is 26.3. The molecule has 0 unspecified atom stereocenters. The molecular formula is C35H43N3O5. The van der Waals surface area contributed by atoms with Gasteiger partial charge in [-0.1, -0.05) is 52.8 Å². The molecule has 0 bridgehead atoms. The molecule has 0 radical (unpaired) electrons. The highest BCUT2D eigenvalue weighted by atomic mass is 16.5. The van der Waals surface area contributed by atoms with Crippen LogP contribution in [-0.2, 0) is 19.1 Å².